The maximum Gasteiger partial charge on any atom is 0.460 e. The van der Waals surface area contributed by atoms with E-state index in [-0.39, 0.29) is 5.75 Å². The van der Waals surface area contributed by atoms with E-state index in [1.54, 1.807) is 30.3 Å². The van der Waals surface area contributed by atoms with Gasteiger partial charge in [0.15, 0.2) is 0 Å². The van der Waals surface area contributed by atoms with Crippen molar-refractivity contribution in [3.05, 3.63) is 60.2 Å². The van der Waals surface area contributed by atoms with Crippen molar-refractivity contribution >= 4 is 5.71 Å². The van der Waals surface area contributed by atoms with Crippen LogP contribution in [0.15, 0.2) is 59.6 Å². The molecule has 0 aromatic heterocycles. The number of halogens is 7. The Bertz CT molecular complexity index is 768. The summed E-state index contributed by atoms with van der Waals surface area (Å²) in [6.07, 6.45) is -6.43. The SMILES string of the molecule is C/N=C(/c1ccc(Oc2ccccc2)cc1)C(F)(F)C(F)(F)C(F)(F)F. The van der Waals surface area contributed by atoms with Crippen molar-refractivity contribution in [2.45, 2.75) is 18.0 Å². The average molecular weight is 379 g/mol. The zero-order valence-electron chi connectivity index (χ0n) is 13.2. The van der Waals surface area contributed by atoms with Gasteiger partial charge in [-0.15, -0.1) is 0 Å². The molecule has 0 fully saturated rings. The first-order chi connectivity index (χ1) is 12.0. The van der Waals surface area contributed by atoms with Gasteiger partial charge in [0.05, 0.1) is 0 Å². The molecule has 2 nitrogen and oxygen atoms in total. The Kier molecular flexibility index (Phi) is 5.29. The second-order valence-electron chi connectivity index (χ2n) is 5.16. The first-order valence-corrected chi connectivity index (χ1v) is 7.13. The lowest BCUT2D eigenvalue weighted by molar-refractivity contribution is -0.336. The third-order valence-corrected chi connectivity index (χ3v) is 3.38. The van der Waals surface area contributed by atoms with Gasteiger partial charge in [-0.2, -0.15) is 30.7 Å². The monoisotopic (exact) mass is 379 g/mol. The largest absolute Gasteiger partial charge is 0.460 e. The summed E-state index contributed by atoms with van der Waals surface area (Å²) in [5.74, 6) is -11.2. The highest BCUT2D eigenvalue weighted by Gasteiger charge is 2.74. The predicted octanol–water partition coefficient (Wildman–Crippen LogP) is 5.73. The van der Waals surface area contributed by atoms with E-state index < -0.39 is 29.3 Å². The van der Waals surface area contributed by atoms with Gasteiger partial charge in [-0.1, -0.05) is 18.2 Å². The molecule has 0 aliphatic heterocycles. The number of hydrogen-bond donors (Lipinski definition) is 0. The van der Waals surface area contributed by atoms with Gasteiger partial charge < -0.3 is 4.74 Å². The first-order valence-electron chi connectivity index (χ1n) is 7.13. The van der Waals surface area contributed by atoms with Crippen LogP contribution >= 0.6 is 0 Å². The quantitative estimate of drug-likeness (QED) is 0.480. The molecule has 26 heavy (non-hydrogen) atoms. The lowest BCUT2D eigenvalue weighted by atomic mass is 9.98. The first kappa shape index (κ1) is 19.7. The summed E-state index contributed by atoms with van der Waals surface area (Å²) in [5, 5.41) is 0. The molecule has 0 spiro atoms. The number of ether oxygens (including phenoxy) is 1. The maximum absolute atomic E-state index is 13.9. The third kappa shape index (κ3) is 3.66. The van der Waals surface area contributed by atoms with Crippen LogP contribution in [0.1, 0.15) is 5.56 Å². The Morgan fingerprint density at radius 2 is 1.27 bits per heavy atom. The molecule has 0 radical (unpaired) electrons. The maximum atomic E-state index is 13.9. The fourth-order valence-corrected chi connectivity index (χ4v) is 2.08. The van der Waals surface area contributed by atoms with Crippen molar-refractivity contribution in [1.29, 1.82) is 0 Å². The molecule has 0 amide bonds. The van der Waals surface area contributed by atoms with E-state index in [0.29, 0.717) is 12.8 Å². The van der Waals surface area contributed by atoms with Gasteiger partial charge in [0.2, 0.25) is 0 Å². The lowest BCUT2D eigenvalue weighted by Crippen LogP contribution is -2.56. The summed E-state index contributed by atoms with van der Waals surface area (Å²) in [6, 6.07) is 12.5. The van der Waals surface area contributed by atoms with E-state index in [2.05, 4.69) is 4.99 Å². The minimum absolute atomic E-state index is 0.182. The van der Waals surface area contributed by atoms with Crippen LogP contribution in [-0.4, -0.2) is 30.8 Å². The van der Waals surface area contributed by atoms with Crippen molar-refractivity contribution < 1.29 is 35.5 Å². The summed E-state index contributed by atoms with van der Waals surface area (Å²) in [6.45, 7) is 0. The Balaban J connectivity index is 2.31. The van der Waals surface area contributed by atoms with Crippen LogP contribution in [0.3, 0.4) is 0 Å². The van der Waals surface area contributed by atoms with Gasteiger partial charge in [-0.3, -0.25) is 4.99 Å². The van der Waals surface area contributed by atoms with Crippen LogP contribution in [0.5, 0.6) is 11.5 Å². The smallest absolute Gasteiger partial charge is 0.457 e. The van der Waals surface area contributed by atoms with Crippen molar-refractivity contribution in [3.8, 4) is 11.5 Å². The minimum atomic E-state index is -6.43. The van der Waals surface area contributed by atoms with Crippen LogP contribution in [0.25, 0.3) is 0 Å². The molecule has 140 valence electrons. The van der Waals surface area contributed by atoms with Crippen LogP contribution < -0.4 is 4.74 Å². The summed E-state index contributed by atoms with van der Waals surface area (Å²) in [5.41, 5.74) is -2.26. The standard InChI is InChI=1S/C17H12F7NO/c1-25-14(15(18,19)16(20,21)17(22,23)24)11-7-9-13(10-8-11)26-12-5-3-2-4-6-12/h2-10H,1H3/b25-14-. The van der Waals surface area contributed by atoms with Crippen molar-refractivity contribution in [1.82, 2.24) is 0 Å². The summed E-state index contributed by atoms with van der Waals surface area (Å²) >= 11 is 0. The molecular formula is C17H12F7NO. The summed E-state index contributed by atoms with van der Waals surface area (Å²) < 4.78 is 96.6. The average Bonchev–Trinajstić information content (AvgIpc) is 2.56. The second-order valence-corrected chi connectivity index (χ2v) is 5.16. The van der Waals surface area contributed by atoms with Gasteiger partial charge in [0, 0.05) is 12.6 Å². The van der Waals surface area contributed by atoms with E-state index >= 15 is 0 Å². The molecule has 9 heteroatoms. The van der Waals surface area contributed by atoms with Crippen molar-refractivity contribution in [2.75, 3.05) is 7.05 Å². The summed E-state index contributed by atoms with van der Waals surface area (Å²) in [7, 11) is 0.712. The lowest BCUT2D eigenvalue weighted by Gasteiger charge is -2.29. The van der Waals surface area contributed by atoms with E-state index in [1.807, 2.05) is 0 Å². The Hall–Kier alpha value is -2.58. The van der Waals surface area contributed by atoms with Crippen LogP contribution in [0.2, 0.25) is 0 Å². The number of para-hydroxylation sites is 1. The number of alkyl halides is 7. The number of benzene rings is 2. The molecule has 2 aromatic carbocycles. The minimum Gasteiger partial charge on any atom is -0.457 e. The van der Waals surface area contributed by atoms with Crippen LogP contribution in [-0.2, 0) is 0 Å². The molecule has 2 aromatic rings. The van der Waals surface area contributed by atoms with Gasteiger partial charge >= 0.3 is 18.0 Å². The number of aliphatic imine (C=N–C) groups is 1. The van der Waals surface area contributed by atoms with E-state index in [0.717, 1.165) is 24.3 Å². The molecule has 0 heterocycles. The van der Waals surface area contributed by atoms with E-state index in [9.17, 15) is 30.7 Å². The molecule has 0 saturated carbocycles. The van der Waals surface area contributed by atoms with Crippen molar-refractivity contribution in [2.24, 2.45) is 4.99 Å². The fraction of sp³-hybridized carbons (Fsp3) is 0.235. The molecule has 0 bridgehead atoms. The zero-order chi connectivity index (χ0) is 19.6. The van der Waals surface area contributed by atoms with E-state index in [1.165, 1.54) is 0 Å². The highest BCUT2D eigenvalue weighted by Crippen LogP contribution is 2.48. The highest BCUT2D eigenvalue weighted by atomic mass is 19.4. The predicted molar refractivity (Wildman–Crippen MR) is 81.4 cm³/mol. The second kappa shape index (κ2) is 6.97. The number of rotatable bonds is 5. The van der Waals surface area contributed by atoms with Gasteiger partial charge in [-0.05, 0) is 36.4 Å². The Labute approximate surface area is 143 Å². The molecule has 0 saturated heterocycles. The van der Waals surface area contributed by atoms with Gasteiger partial charge in [-0.25, -0.2) is 0 Å². The Morgan fingerprint density at radius 1 is 0.769 bits per heavy atom. The highest BCUT2D eigenvalue weighted by molar-refractivity contribution is 6.06. The summed E-state index contributed by atoms with van der Waals surface area (Å²) in [4.78, 5) is 2.97. The fourth-order valence-electron chi connectivity index (χ4n) is 2.08. The van der Waals surface area contributed by atoms with Gasteiger partial charge in [0.25, 0.3) is 0 Å². The molecule has 0 atom stereocenters. The number of hydrogen-bond acceptors (Lipinski definition) is 2. The van der Waals surface area contributed by atoms with Crippen LogP contribution in [0.4, 0.5) is 30.7 Å². The molecular weight excluding hydrogens is 367 g/mol. The van der Waals surface area contributed by atoms with E-state index in [4.69, 9.17) is 4.74 Å². The molecule has 2 rings (SSSR count). The molecule has 0 aliphatic rings. The topological polar surface area (TPSA) is 21.6 Å². The van der Waals surface area contributed by atoms with Gasteiger partial charge in [0.1, 0.15) is 17.2 Å². The Morgan fingerprint density at radius 3 is 1.73 bits per heavy atom. The molecule has 0 unspecified atom stereocenters. The molecule has 0 N–H and O–H groups in total. The van der Waals surface area contributed by atoms with Crippen molar-refractivity contribution in [3.63, 3.8) is 0 Å². The zero-order valence-corrected chi connectivity index (χ0v) is 13.2. The normalized spacial score (nSPS) is 13.6. The van der Waals surface area contributed by atoms with Crippen LogP contribution in [0, 0.1) is 0 Å². The third-order valence-electron chi connectivity index (χ3n) is 3.38. The number of nitrogens with zero attached hydrogens (tertiary/aromatic N) is 1. The molecule has 0 aliphatic carbocycles.